The largest absolute Gasteiger partial charge is 0.497 e. The van der Waals surface area contributed by atoms with Crippen molar-refractivity contribution in [1.29, 1.82) is 0 Å². The van der Waals surface area contributed by atoms with Crippen molar-refractivity contribution in [3.63, 3.8) is 0 Å². The van der Waals surface area contributed by atoms with Crippen LogP contribution in [0.5, 0.6) is 11.5 Å². The zero-order chi connectivity index (χ0) is 15.1. The molecule has 1 N–H and O–H groups in total. The molecule has 1 aliphatic carbocycles. The summed E-state index contributed by atoms with van der Waals surface area (Å²) >= 11 is 0. The molecule has 0 heterocycles. The van der Waals surface area contributed by atoms with E-state index in [2.05, 4.69) is 19.2 Å². The third-order valence-electron chi connectivity index (χ3n) is 4.53. The van der Waals surface area contributed by atoms with Crippen molar-refractivity contribution in [2.45, 2.75) is 45.6 Å². The van der Waals surface area contributed by atoms with E-state index in [9.17, 15) is 0 Å². The van der Waals surface area contributed by atoms with Crippen LogP contribution < -0.4 is 14.8 Å². The first kappa shape index (κ1) is 16.2. The molecule has 0 aromatic heterocycles. The lowest BCUT2D eigenvalue weighted by Gasteiger charge is -2.35. The Morgan fingerprint density at radius 1 is 1.14 bits per heavy atom. The average Bonchev–Trinajstić information content (AvgIpc) is 2.51. The monoisotopic (exact) mass is 291 g/mol. The van der Waals surface area contributed by atoms with E-state index >= 15 is 0 Å². The predicted octanol–water partition coefficient (Wildman–Crippen LogP) is 3.88. The van der Waals surface area contributed by atoms with E-state index in [4.69, 9.17) is 9.47 Å². The molecule has 0 saturated heterocycles. The van der Waals surface area contributed by atoms with Crippen molar-refractivity contribution in [3.8, 4) is 11.5 Å². The number of methoxy groups -OCH3 is 1. The molecule has 1 saturated carbocycles. The summed E-state index contributed by atoms with van der Waals surface area (Å²) in [6, 6.07) is 8.51. The maximum absolute atomic E-state index is 5.89. The summed E-state index contributed by atoms with van der Waals surface area (Å²) in [5.74, 6) is 3.40. The maximum atomic E-state index is 5.89. The Morgan fingerprint density at radius 2 is 1.86 bits per heavy atom. The van der Waals surface area contributed by atoms with Gasteiger partial charge in [-0.25, -0.2) is 0 Å². The summed E-state index contributed by atoms with van der Waals surface area (Å²) < 4.78 is 11.0. The lowest BCUT2D eigenvalue weighted by Crippen LogP contribution is -2.40. The second kappa shape index (κ2) is 8.28. The third kappa shape index (κ3) is 4.92. The highest BCUT2D eigenvalue weighted by atomic mass is 16.5. The molecule has 0 spiro atoms. The minimum atomic E-state index is 0.672. The van der Waals surface area contributed by atoms with Crippen LogP contribution in [0.3, 0.4) is 0 Å². The molecule has 118 valence electrons. The molecule has 1 aromatic rings. The van der Waals surface area contributed by atoms with Gasteiger partial charge in [0.15, 0.2) is 0 Å². The van der Waals surface area contributed by atoms with Crippen molar-refractivity contribution < 1.29 is 9.47 Å². The molecule has 3 heteroatoms. The Labute approximate surface area is 129 Å². The van der Waals surface area contributed by atoms with E-state index in [0.717, 1.165) is 42.9 Å². The van der Waals surface area contributed by atoms with E-state index in [0.29, 0.717) is 6.04 Å². The van der Waals surface area contributed by atoms with Crippen molar-refractivity contribution in [3.05, 3.63) is 24.3 Å². The first-order chi connectivity index (χ1) is 10.2. The summed E-state index contributed by atoms with van der Waals surface area (Å²) in [6.45, 7) is 6.43. The quantitative estimate of drug-likeness (QED) is 0.827. The zero-order valence-electron chi connectivity index (χ0n) is 13.6. The minimum absolute atomic E-state index is 0.672. The average molecular weight is 291 g/mol. The molecule has 21 heavy (non-hydrogen) atoms. The van der Waals surface area contributed by atoms with E-state index < -0.39 is 0 Å². The normalized spacial score (nSPS) is 25.6. The van der Waals surface area contributed by atoms with E-state index in [-0.39, 0.29) is 0 Å². The van der Waals surface area contributed by atoms with Crippen LogP contribution in [0.1, 0.15) is 39.5 Å². The SMILES string of the molecule is CCNC1CCC(C)CC1CCOc1ccc(OC)cc1. The number of hydrogen-bond donors (Lipinski definition) is 1. The van der Waals surface area contributed by atoms with Crippen LogP contribution >= 0.6 is 0 Å². The van der Waals surface area contributed by atoms with Gasteiger partial charge in [0.1, 0.15) is 11.5 Å². The van der Waals surface area contributed by atoms with Gasteiger partial charge in [-0.1, -0.05) is 13.8 Å². The predicted molar refractivity (Wildman–Crippen MR) is 87.1 cm³/mol. The summed E-state index contributed by atoms with van der Waals surface area (Å²) in [7, 11) is 1.68. The second-order valence-corrected chi connectivity index (χ2v) is 6.16. The van der Waals surface area contributed by atoms with Gasteiger partial charge in [-0.05, 0) is 68.3 Å². The molecule has 3 atom stereocenters. The molecule has 2 rings (SSSR count). The Bertz CT molecular complexity index is 404. The summed E-state index contributed by atoms with van der Waals surface area (Å²) in [4.78, 5) is 0. The fraction of sp³-hybridized carbons (Fsp3) is 0.667. The maximum Gasteiger partial charge on any atom is 0.119 e. The molecule has 1 fully saturated rings. The number of benzene rings is 1. The molecule has 3 unspecified atom stereocenters. The Morgan fingerprint density at radius 3 is 2.52 bits per heavy atom. The first-order valence-corrected chi connectivity index (χ1v) is 8.23. The summed E-state index contributed by atoms with van der Waals surface area (Å²) in [5, 5.41) is 3.65. The van der Waals surface area contributed by atoms with Gasteiger partial charge in [-0.2, -0.15) is 0 Å². The molecule has 0 amide bonds. The smallest absolute Gasteiger partial charge is 0.119 e. The van der Waals surface area contributed by atoms with Crippen molar-refractivity contribution in [1.82, 2.24) is 5.32 Å². The van der Waals surface area contributed by atoms with Gasteiger partial charge in [0.2, 0.25) is 0 Å². The Kier molecular flexibility index (Phi) is 6.37. The summed E-state index contributed by atoms with van der Waals surface area (Å²) in [5.41, 5.74) is 0. The van der Waals surface area contributed by atoms with Crippen LogP contribution in [0.25, 0.3) is 0 Å². The molecule has 1 aliphatic rings. The van der Waals surface area contributed by atoms with Gasteiger partial charge < -0.3 is 14.8 Å². The van der Waals surface area contributed by atoms with E-state index in [1.165, 1.54) is 19.3 Å². The fourth-order valence-electron chi connectivity index (χ4n) is 3.35. The highest BCUT2D eigenvalue weighted by molar-refractivity contribution is 5.31. The van der Waals surface area contributed by atoms with Gasteiger partial charge >= 0.3 is 0 Å². The van der Waals surface area contributed by atoms with Crippen molar-refractivity contribution in [2.75, 3.05) is 20.3 Å². The lowest BCUT2D eigenvalue weighted by molar-refractivity contribution is 0.175. The second-order valence-electron chi connectivity index (χ2n) is 6.16. The highest BCUT2D eigenvalue weighted by Gasteiger charge is 2.27. The van der Waals surface area contributed by atoms with Crippen molar-refractivity contribution >= 4 is 0 Å². The van der Waals surface area contributed by atoms with Crippen LogP contribution in [0.2, 0.25) is 0 Å². The topological polar surface area (TPSA) is 30.5 Å². The van der Waals surface area contributed by atoms with Gasteiger partial charge in [-0.3, -0.25) is 0 Å². The van der Waals surface area contributed by atoms with Gasteiger partial charge in [0, 0.05) is 6.04 Å². The number of rotatable bonds is 7. The number of nitrogens with one attached hydrogen (secondary N) is 1. The van der Waals surface area contributed by atoms with Crippen LogP contribution in [-0.2, 0) is 0 Å². The fourth-order valence-corrected chi connectivity index (χ4v) is 3.35. The summed E-state index contributed by atoms with van der Waals surface area (Å²) in [6.07, 6.45) is 5.12. The Hall–Kier alpha value is -1.22. The molecule has 0 radical (unpaired) electrons. The number of hydrogen-bond acceptors (Lipinski definition) is 3. The molecule has 0 aliphatic heterocycles. The zero-order valence-corrected chi connectivity index (χ0v) is 13.6. The van der Waals surface area contributed by atoms with Crippen LogP contribution in [0, 0.1) is 11.8 Å². The van der Waals surface area contributed by atoms with Crippen LogP contribution in [0.4, 0.5) is 0 Å². The molecule has 3 nitrogen and oxygen atoms in total. The lowest BCUT2D eigenvalue weighted by atomic mass is 9.77. The molecule has 1 aromatic carbocycles. The molecular formula is C18H29NO2. The minimum Gasteiger partial charge on any atom is -0.497 e. The molecular weight excluding hydrogens is 262 g/mol. The van der Waals surface area contributed by atoms with Gasteiger partial charge in [-0.15, -0.1) is 0 Å². The van der Waals surface area contributed by atoms with E-state index in [1.54, 1.807) is 7.11 Å². The molecule has 0 bridgehead atoms. The first-order valence-electron chi connectivity index (χ1n) is 8.23. The van der Waals surface area contributed by atoms with Crippen molar-refractivity contribution in [2.24, 2.45) is 11.8 Å². The van der Waals surface area contributed by atoms with Gasteiger partial charge in [0.25, 0.3) is 0 Å². The number of ether oxygens (including phenoxy) is 2. The van der Waals surface area contributed by atoms with Crippen LogP contribution in [-0.4, -0.2) is 26.3 Å². The highest BCUT2D eigenvalue weighted by Crippen LogP contribution is 2.31. The van der Waals surface area contributed by atoms with Crippen LogP contribution in [0.15, 0.2) is 24.3 Å². The Balaban J connectivity index is 1.79. The van der Waals surface area contributed by atoms with Gasteiger partial charge in [0.05, 0.1) is 13.7 Å². The van der Waals surface area contributed by atoms with E-state index in [1.807, 2.05) is 24.3 Å². The third-order valence-corrected chi connectivity index (χ3v) is 4.53. The standard InChI is InChI=1S/C18H29NO2/c1-4-19-18-10-5-14(2)13-15(18)11-12-21-17-8-6-16(20-3)7-9-17/h6-9,14-15,18-19H,4-5,10-13H2,1-3H3.